The first kappa shape index (κ1) is 27.3. The Morgan fingerprint density at radius 2 is 0.333 bits per heavy atom. The van der Waals surface area contributed by atoms with Crippen LogP contribution < -0.4 is 0 Å². The molecule has 0 heterocycles. The number of hydrogen-bond acceptors (Lipinski definition) is 12. The normalized spacial score (nSPS) is 12.9. The Morgan fingerprint density at radius 1 is 0.259 bits per heavy atom. The molecule has 0 bridgehead atoms. The molecular weight excluding hydrogens is 480 g/mol. The van der Waals surface area contributed by atoms with Crippen LogP contribution in [-0.4, -0.2) is 0 Å². The summed E-state index contributed by atoms with van der Waals surface area (Å²) >= 11 is 0. The number of nitrogens with zero attached hydrogens (tertiary/aromatic N) is 12. The largest absolute Gasteiger partial charge is 0 e. The topological polar surface area (TPSA) is 285 Å². The van der Waals surface area contributed by atoms with Crippen molar-refractivity contribution in [1.29, 1.82) is 63.1 Å². The fraction of sp³-hybridized carbons (Fsp3) is 0. The van der Waals surface area contributed by atoms with Crippen molar-refractivity contribution in [3.63, 3.8) is 0 Å². The van der Waals surface area contributed by atoms with E-state index < -0.39 is 21.5 Å². The quantitative estimate of drug-likeness (QED) is 0.420. The average Bonchev–Trinajstić information content (AvgIpc) is 2.77. The molecule has 132 valence electrons. The summed E-state index contributed by atoms with van der Waals surface area (Å²) in [5, 5.41) is 103. The Balaban J connectivity index is -0.000000411. The van der Waals surface area contributed by atoms with E-state index in [0.717, 1.165) is 59.6 Å². The molecule has 0 radical (unpaired) electrons. The van der Waals surface area contributed by atoms with Gasteiger partial charge in [-0.3, -0.25) is 0 Å². The maximum atomic E-state index is 8.58. The monoisotopic (exact) mass is 480 g/mol. The van der Waals surface area contributed by atoms with Crippen LogP contribution in [0, 0.1) is 123 Å². The molecule has 15 heteroatoms. The maximum absolute atomic E-state index is 8.58. The molecule has 0 amide bonds. The van der Waals surface area contributed by atoms with E-state index in [0.29, 0.717) is 0 Å². The molecular formula is C12Fe3N12. The SMILES string of the molecule is N#[C][Fe]([C]#N)([C]#N)([C]#N)([C]#N)[C]#N.N#[C][Fe]([C]#N)([C]#N)([C]#N)([C]#N)[C]#N.[Fe]. The predicted molar refractivity (Wildman–Crippen MR) is 67.4 cm³/mol. The van der Waals surface area contributed by atoms with Gasteiger partial charge in [-0.25, -0.2) is 0 Å². The van der Waals surface area contributed by atoms with Gasteiger partial charge in [-0.05, 0) is 0 Å². The molecule has 0 spiro atoms. The molecule has 0 saturated heterocycles. The number of nitriles is 12. The second-order valence-corrected chi connectivity index (χ2v) is 14.8. The van der Waals surface area contributed by atoms with E-state index in [2.05, 4.69) is 0 Å². The van der Waals surface area contributed by atoms with E-state index in [4.69, 9.17) is 63.1 Å². The van der Waals surface area contributed by atoms with Gasteiger partial charge < -0.3 is 0 Å². The molecule has 0 aliphatic rings. The van der Waals surface area contributed by atoms with Gasteiger partial charge in [-0.1, -0.05) is 0 Å². The summed E-state index contributed by atoms with van der Waals surface area (Å²) < 4.78 is 0. The third kappa shape index (κ3) is 2.64. The Labute approximate surface area is 160 Å². The van der Waals surface area contributed by atoms with Crippen LogP contribution in [0.1, 0.15) is 0 Å². The minimum Gasteiger partial charge on any atom is 0 e. The first-order valence-corrected chi connectivity index (χ1v) is 11.4. The average molecular weight is 480 g/mol. The van der Waals surface area contributed by atoms with Crippen LogP contribution in [0.3, 0.4) is 0 Å². The van der Waals surface area contributed by atoms with Crippen molar-refractivity contribution in [3.8, 4) is 59.6 Å². The van der Waals surface area contributed by atoms with Gasteiger partial charge in [0.2, 0.25) is 0 Å². The van der Waals surface area contributed by atoms with Gasteiger partial charge in [0.25, 0.3) is 0 Å². The molecule has 0 aliphatic heterocycles. The summed E-state index contributed by atoms with van der Waals surface area (Å²) in [6, 6.07) is 0. The summed E-state index contributed by atoms with van der Waals surface area (Å²) in [6.45, 7) is 0. The predicted octanol–water partition coefficient (Wildman–Crippen LogP) is 0.194. The van der Waals surface area contributed by atoms with Crippen molar-refractivity contribution in [1.82, 2.24) is 0 Å². The molecule has 0 aromatic rings. The zero-order valence-corrected chi connectivity index (χ0v) is 15.7. The van der Waals surface area contributed by atoms with Crippen molar-refractivity contribution < 1.29 is 38.5 Å². The molecule has 0 aromatic carbocycles. The summed E-state index contributed by atoms with van der Waals surface area (Å²) in [7, 11) is -12.3. The Morgan fingerprint density at radius 3 is 0.333 bits per heavy atom. The summed E-state index contributed by atoms with van der Waals surface area (Å²) in [5.74, 6) is 0. The molecule has 0 aliphatic carbocycles. The van der Waals surface area contributed by atoms with Crippen molar-refractivity contribution in [2.24, 2.45) is 0 Å². The fourth-order valence-electron chi connectivity index (χ4n) is 0.530. The van der Waals surface area contributed by atoms with Gasteiger partial charge in [0, 0.05) is 17.1 Å². The van der Waals surface area contributed by atoms with E-state index in [1.54, 1.807) is 0 Å². The number of rotatable bonds is 0. The summed E-state index contributed by atoms with van der Waals surface area (Å²) in [4.78, 5) is 12.4. The van der Waals surface area contributed by atoms with E-state index in [1.165, 1.54) is 0 Å². The van der Waals surface area contributed by atoms with Gasteiger partial charge in [0.15, 0.2) is 0 Å². The minimum absolute atomic E-state index is 0. The standard InChI is InChI=1S/12CN.3Fe/c12*1-2;;;. The Hall–Kier alpha value is -4.56. The molecule has 12 nitrogen and oxygen atoms in total. The van der Waals surface area contributed by atoms with Crippen LogP contribution >= 0.6 is 0 Å². The van der Waals surface area contributed by atoms with Crippen molar-refractivity contribution >= 4 is 0 Å². The zero-order chi connectivity index (χ0) is 21.3. The smallest absolute Gasteiger partial charge is 0 e. The van der Waals surface area contributed by atoms with Gasteiger partial charge in [0.05, 0.1) is 0 Å². The van der Waals surface area contributed by atoms with E-state index in [9.17, 15) is 0 Å². The molecule has 0 aromatic heterocycles. The summed E-state index contributed by atoms with van der Waals surface area (Å²) in [5.41, 5.74) is 0. The van der Waals surface area contributed by atoms with Crippen molar-refractivity contribution in [3.05, 3.63) is 0 Å². The van der Waals surface area contributed by atoms with Crippen LogP contribution in [-0.2, 0) is 38.5 Å². The Kier molecular flexibility index (Phi) is 6.46. The molecule has 0 unspecified atom stereocenters. The van der Waals surface area contributed by atoms with Gasteiger partial charge in [-0.15, -0.1) is 0 Å². The van der Waals surface area contributed by atoms with Crippen molar-refractivity contribution in [2.75, 3.05) is 0 Å². The Bertz CT molecular complexity index is 879. The van der Waals surface area contributed by atoms with Crippen LogP contribution in [0.4, 0.5) is 0 Å². The minimum atomic E-state index is -6.17. The molecule has 0 saturated carbocycles. The van der Waals surface area contributed by atoms with Gasteiger partial charge in [-0.2, -0.15) is 0 Å². The second kappa shape index (κ2) is 6.39. The molecule has 27 heavy (non-hydrogen) atoms. The summed E-state index contributed by atoms with van der Waals surface area (Å²) in [6.07, 6.45) is 0. The maximum Gasteiger partial charge on any atom is 0 e. The van der Waals surface area contributed by atoms with E-state index in [1.807, 2.05) is 0 Å². The van der Waals surface area contributed by atoms with Crippen LogP contribution in [0.2, 0.25) is 0 Å². The van der Waals surface area contributed by atoms with Gasteiger partial charge >= 0.3 is 144 Å². The fourth-order valence-corrected chi connectivity index (χ4v) is 2.19. The molecule has 0 atom stereocenters. The van der Waals surface area contributed by atoms with E-state index in [-0.39, 0.29) is 17.1 Å². The number of hydrogen-bond donors (Lipinski definition) is 0. The second-order valence-electron chi connectivity index (χ2n) is 3.60. The van der Waals surface area contributed by atoms with E-state index >= 15 is 0 Å². The van der Waals surface area contributed by atoms with Gasteiger partial charge in [0.1, 0.15) is 0 Å². The first-order chi connectivity index (χ1) is 11.9. The van der Waals surface area contributed by atoms with Crippen LogP contribution in [0.25, 0.3) is 0 Å². The molecule has 0 rings (SSSR count). The molecule has 0 fully saturated rings. The van der Waals surface area contributed by atoms with Crippen LogP contribution in [0.5, 0.6) is 0 Å². The zero-order valence-electron chi connectivity index (χ0n) is 12.4. The molecule has 0 N–H and O–H groups in total. The van der Waals surface area contributed by atoms with Crippen LogP contribution in [0.15, 0.2) is 0 Å². The van der Waals surface area contributed by atoms with Crippen molar-refractivity contribution in [2.45, 2.75) is 0 Å². The first-order valence-electron chi connectivity index (χ1n) is 4.80. The third-order valence-corrected chi connectivity index (χ3v) is 9.78. The third-order valence-electron chi connectivity index (χ3n) is 2.37.